The van der Waals surface area contributed by atoms with Gasteiger partial charge in [0.05, 0.1) is 11.1 Å². The van der Waals surface area contributed by atoms with Crippen molar-refractivity contribution < 1.29 is 33.4 Å². The van der Waals surface area contributed by atoms with E-state index in [1.54, 1.807) is 20.8 Å². The van der Waals surface area contributed by atoms with Gasteiger partial charge >= 0.3 is 0 Å². The normalized spacial score (nSPS) is 28.9. The van der Waals surface area contributed by atoms with E-state index in [4.69, 9.17) is 5.48 Å². The van der Waals surface area contributed by atoms with Crippen LogP contribution in [0.2, 0.25) is 0 Å². The molecule has 1 aromatic rings. The number of nitrogens with one attached hydrogen (secondary N) is 1. The minimum atomic E-state index is -2.43. The first kappa shape index (κ1) is 15.2. The average molecular weight is 409 g/mol. The minimum absolute atomic E-state index is 0.175. The Morgan fingerprint density at radius 2 is 1.72 bits per heavy atom. The molecule has 0 bridgehead atoms. The van der Waals surface area contributed by atoms with Gasteiger partial charge in [-0.05, 0) is 38.8 Å². The summed E-state index contributed by atoms with van der Waals surface area (Å²) in [5, 5.41) is 1.98. The summed E-state index contributed by atoms with van der Waals surface area (Å²) in [5.74, 6) is -8.63. The molecule has 29 heavy (non-hydrogen) atoms. The topological polar surface area (TPSA) is 86.8 Å². The molecule has 9 heteroatoms. The van der Waals surface area contributed by atoms with E-state index in [0.29, 0.717) is 11.0 Å². The van der Waals surface area contributed by atoms with Gasteiger partial charge in [-0.15, -0.1) is 0 Å². The van der Waals surface area contributed by atoms with Crippen molar-refractivity contribution in [1.29, 1.82) is 0 Å². The number of benzene rings is 1. The number of rotatable bonds is 2. The third-order valence-electron chi connectivity index (χ3n) is 5.13. The third-order valence-corrected chi connectivity index (χ3v) is 5.13. The van der Waals surface area contributed by atoms with E-state index < -0.39 is 82.4 Å². The molecule has 7 nitrogen and oxygen atoms in total. The monoisotopic (exact) mass is 409 g/mol. The molecule has 2 saturated heterocycles. The predicted molar refractivity (Wildman–Crippen MR) is 97.1 cm³/mol. The van der Waals surface area contributed by atoms with Crippen LogP contribution in [0, 0.1) is 11.6 Å². The van der Waals surface area contributed by atoms with Crippen molar-refractivity contribution in [2.75, 3.05) is 13.0 Å². The molecule has 1 N–H and O–H groups in total. The van der Waals surface area contributed by atoms with Gasteiger partial charge in [0.25, 0.3) is 11.8 Å². The molecule has 0 unspecified atom stereocenters. The van der Waals surface area contributed by atoms with Crippen LogP contribution in [0.4, 0.5) is 8.78 Å². The van der Waals surface area contributed by atoms with E-state index in [2.05, 4.69) is 0 Å². The van der Waals surface area contributed by atoms with Crippen molar-refractivity contribution in [3.63, 3.8) is 0 Å². The lowest BCUT2D eigenvalue weighted by molar-refractivity contribution is -0.136. The predicted octanol–water partition coefficient (Wildman–Crippen LogP) is 1.56. The van der Waals surface area contributed by atoms with Crippen molar-refractivity contribution in [1.82, 2.24) is 15.1 Å². The van der Waals surface area contributed by atoms with Gasteiger partial charge in [-0.2, -0.15) is 0 Å². The van der Waals surface area contributed by atoms with Gasteiger partial charge in [-0.25, -0.2) is 8.78 Å². The highest BCUT2D eigenvalue weighted by atomic mass is 19.1. The molecular formula is C20H21F2N3O4. The number of carbonyl (C=O) groups is 4. The number of hydrogen-bond acceptors (Lipinski definition) is 5. The van der Waals surface area contributed by atoms with Gasteiger partial charge in [0.2, 0.25) is 11.8 Å². The second-order valence-electron chi connectivity index (χ2n) is 8.16. The number of nitrogens with zero attached hydrogens (tertiary/aromatic N) is 2. The summed E-state index contributed by atoms with van der Waals surface area (Å²) < 4.78 is 64.0. The van der Waals surface area contributed by atoms with Crippen LogP contribution in [0.3, 0.4) is 0 Å². The largest absolute Gasteiger partial charge is 0.297 e. The van der Waals surface area contributed by atoms with Gasteiger partial charge < -0.3 is 0 Å². The standard InChI is InChI=1S/C20H21F2N3O4/c1-20(2,3)24-7-9(8-24)10-6-11(21)14-15(16(10)22)19(29)25(18(14)28)12-4-5-13(26)23-17(12)27/h6,9,12H,4-5,7-8H2,1-3H3,(H,23,26,27)/t12-/m0/s1/i7D2,8D2. The van der Waals surface area contributed by atoms with E-state index in [9.17, 15) is 19.2 Å². The number of hydrogen-bond donors (Lipinski definition) is 1. The van der Waals surface area contributed by atoms with Gasteiger partial charge in [0.15, 0.2) is 0 Å². The van der Waals surface area contributed by atoms with Crippen molar-refractivity contribution in [3.8, 4) is 0 Å². The molecule has 3 aliphatic rings. The molecule has 4 amide bonds. The van der Waals surface area contributed by atoms with Crippen LogP contribution < -0.4 is 5.32 Å². The molecule has 3 heterocycles. The summed E-state index contributed by atoms with van der Waals surface area (Å²) in [5.41, 5.74) is -3.59. The minimum Gasteiger partial charge on any atom is -0.297 e. The summed E-state index contributed by atoms with van der Waals surface area (Å²) >= 11 is 0. The molecule has 0 saturated carbocycles. The molecule has 0 radical (unpaired) electrons. The van der Waals surface area contributed by atoms with E-state index in [1.807, 2.05) is 5.32 Å². The SMILES string of the molecule is [2H]C1([2H])C(c2cc(F)c3c(c2F)C(=O)N([C@H]2CCC(=O)NC2=O)C3=O)C([2H])([2H])N1C(C)(C)C. The summed E-state index contributed by atoms with van der Waals surface area (Å²) in [6, 6.07) is -0.900. The number of carbonyl (C=O) groups excluding carboxylic acids is 4. The molecule has 2 fully saturated rings. The van der Waals surface area contributed by atoms with Gasteiger partial charge in [0.1, 0.15) is 17.7 Å². The lowest BCUT2D eigenvalue weighted by atomic mass is 9.85. The van der Waals surface area contributed by atoms with Crippen LogP contribution in [0.1, 0.15) is 71.3 Å². The zero-order chi connectivity index (χ0) is 24.8. The Hall–Kier alpha value is -2.68. The van der Waals surface area contributed by atoms with E-state index in [1.165, 1.54) is 0 Å². The average Bonchev–Trinajstić information content (AvgIpc) is 2.88. The quantitative estimate of drug-likeness (QED) is 0.750. The van der Waals surface area contributed by atoms with Crippen molar-refractivity contribution >= 4 is 23.6 Å². The molecule has 0 aromatic heterocycles. The molecule has 3 aliphatic heterocycles. The first-order chi connectivity index (χ1) is 15.0. The number of imide groups is 2. The second-order valence-corrected chi connectivity index (χ2v) is 8.16. The first-order valence-electron chi connectivity index (χ1n) is 11.1. The van der Waals surface area contributed by atoms with E-state index in [-0.39, 0.29) is 12.8 Å². The molecule has 4 rings (SSSR count). The highest BCUT2D eigenvalue weighted by Crippen LogP contribution is 2.39. The molecule has 0 spiro atoms. The fourth-order valence-electron chi connectivity index (χ4n) is 3.59. The Morgan fingerprint density at radius 1 is 1.10 bits per heavy atom. The third kappa shape index (κ3) is 2.95. The molecule has 1 aromatic carbocycles. The number of amides is 4. The van der Waals surface area contributed by atoms with Crippen LogP contribution in [0.15, 0.2) is 6.07 Å². The molecule has 0 aliphatic carbocycles. The molecular weight excluding hydrogens is 384 g/mol. The highest BCUT2D eigenvalue weighted by Gasteiger charge is 2.49. The van der Waals surface area contributed by atoms with Gasteiger partial charge in [0, 0.05) is 36.4 Å². The van der Waals surface area contributed by atoms with E-state index in [0.717, 1.165) is 4.90 Å². The maximum Gasteiger partial charge on any atom is 0.265 e. The van der Waals surface area contributed by atoms with Crippen molar-refractivity contribution in [3.05, 3.63) is 34.4 Å². The molecule has 1 atom stereocenters. The zero-order valence-electron chi connectivity index (χ0n) is 19.9. The summed E-state index contributed by atoms with van der Waals surface area (Å²) in [7, 11) is 0. The number of fused-ring (bicyclic) bond motifs is 1. The van der Waals surface area contributed by atoms with Crippen LogP contribution in [-0.4, -0.2) is 58.0 Å². The second kappa shape index (κ2) is 6.41. The fourth-order valence-corrected chi connectivity index (χ4v) is 3.59. The Balaban J connectivity index is 1.80. The summed E-state index contributed by atoms with van der Waals surface area (Å²) in [6.07, 6.45) is -0.383. The van der Waals surface area contributed by atoms with Gasteiger partial charge in [-0.1, -0.05) is 0 Å². The Morgan fingerprint density at radius 3 is 2.31 bits per heavy atom. The van der Waals surface area contributed by atoms with Crippen LogP contribution in [0.25, 0.3) is 0 Å². The summed E-state index contributed by atoms with van der Waals surface area (Å²) in [6.45, 7) is -0.161. The zero-order valence-corrected chi connectivity index (χ0v) is 15.9. The Kier molecular flexibility index (Phi) is 3.36. The first-order valence-corrected chi connectivity index (χ1v) is 9.06. The van der Waals surface area contributed by atoms with Gasteiger partial charge in [-0.3, -0.25) is 34.3 Å². The fraction of sp³-hybridized carbons (Fsp3) is 0.500. The maximum atomic E-state index is 15.6. The smallest absolute Gasteiger partial charge is 0.265 e. The summed E-state index contributed by atoms with van der Waals surface area (Å²) in [4.78, 5) is 50.6. The number of likely N-dealkylation sites (tertiary alicyclic amines) is 1. The van der Waals surface area contributed by atoms with Crippen molar-refractivity contribution in [2.24, 2.45) is 0 Å². The van der Waals surface area contributed by atoms with Crippen molar-refractivity contribution in [2.45, 2.75) is 51.1 Å². The van der Waals surface area contributed by atoms with Crippen LogP contribution >= 0.6 is 0 Å². The van der Waals surface area contributed by atoms with E-state index >= 15 is 8.78 Å². The number of piperidine rings is 1. The van der Waals surface area contributed by atoms with Crippen LogP contribution in [0.5, 0.6) is 0 Å². The Bertz CT molecular complexity index is 1120. The van der Waals surface area contributed by atoms with Crippen LogP contribution in [-0.2, 0) is 9.59 Å². The lowest BCUT2D eigenvalue weighted by Crippen LogP contribution is -2.54. The lowest BCUT2D eigenvalue weighted by Gasteiger charge is -2.48. The highest BCUT2D eigenvalue weighted by molar-refractivity contribution is 6.23. The maximum absolute atomic E-state index is 15.6. The Labute approximate surface area is 171 Å². The molecule has 154 valence electrons. The number of halogens is 2.